The van der Waals surface area contributed by atoms with Crippen molar-refractivity contribution in [1.29, 1.82) is 0 Å². The second kappa shape index (κ2) is 7.64. The molecule has 0 spiro atoms. The monoisotopic (exact) mass is 375 g/mol. The van der Waals surface area contributed by atoms with Crippen molar-refractivity contribution < 1.29 is 4.79 Å². The highest BCUT2D eigenvalue weighted by Gasteiger charge is 2.06. The lowest BCUT2D eigenvalue weighted by molar-refractivity contribution is 0.0954. The highest BCUT2D eigenvalue weighted by atomic mass is 35.5. The molecule has 2 aromatic heterocycles. The molecule has 27 heavy (non-hydrogen) atoms. The van der Waals surface area contributed by atoms with Gasteiger partial charge in [0.15, 0.2) is 0 Å². The summed E-state index contributed by atoms with van der Waals surface area (Å²) >= 11 is 5.94. The van der Waals surface area contributed by atoms with E-state index in [-0.39, 0.29) is 5.91 Å². The van der Waals surface area contributed by atoms with Gasteiger partial charge in [-0.15, -0.1) is 0 Å². The number of rotatable bonds is 5. The summed E-state index contributed by atoms with van der Waals surface area (Å²) in [7, 11) is 0. The summed E-state index contributed by atoms with van der Waals surface area (Å²) in [4.78, 5) is 19.7. The normalized spacial score (nSPS) is 10.9. The summed E-state index contributed by atoms with van der Waals surface area (Å²) in [5, 5.41) is 4.59. The standard InChI is InChI=1S/C22H18ClN3O/c23-20-6-2-5-18(13-20)22(27)25-9-7-15-3-1-4-16(11-15)19-12-17-8-10-24-21(17)26-14-19/h1-6,8,10-14H,7,9H2,(H,24,26)(H,25,27). The fourth-order valence-electron chi connectivity index (χ4n) is 3.06. The van der Waals surface area contributed by atoms with Crippen molar-refractivity contribution in [2.45, 2.75) is 6.42 Å². The van der Waals surface area contributed by atoms with E-state index in [0.717, 1.165) is 34.1 Å². The van der Waals surface area contributed by atoms with Crippen molar-refractivity contribution in [3.63, 3.8) is 0 Å². The molecule has 4 rings (SSSR count). The smallest absolute Gasteiger partial charge is 0.251 e. The maximum Gasteiger partial charge on any atom is 0.251 e. The second-order valence-electron chi connectivity index (χ2n) is 6.36. The number of hydrogen-bond donors (Lipinski definition) is 2. The van der Waals surface area contributed by atoms with Gasteiger partial charge in [-0.2, -0.15) is 0 Å². The van der Waals surface area contributed by atoms with Gasteiger partial charge in [0, 0.05) is 40.5 Å². The Kier molecular flexibility index (Phi) is 4.90. The molecule has 0 radical (unpaired) electrons. The third-order valence-electron chi connectivity index (χ3n) is 4.45. The zero-order valence-corrected chi connectivity index (χ0v) is 15.3. The number of benzene rings is 2. The molecule has 2 N–H and O–H groups in total. The van der Waals surface area contributed by atoms with E-state index >= 15 is 0 Å². The maximum atomic E-state index is 12.2. The van der Waals surface area contributed by atoms with Gasteiger partial charge in [0.2, 0.25) is 0 Å². The van der Waals surface area contributed by atoms with Gasteiger partial charge in [0.1, 0.15) is 5.65 Å². The lowest BCUT2D eigenvalue weighted by Gasteiger charge is -2.08. The number of pyridine rings is 1. The Hall–Kier alpha value is -3.11. The summed E-state index contributed by atoms with van der Waals surface area (Å²) in [5.41, 5.74) is 4.81. The largest absolute Gasteiger partial charge is 0.352 e. The van der Waals surface area contributed by atoms with Gasteiger partial charge in [-0.25, -0.2) is 4.98 Å². The molecule has 0 aliphatic rings. The molecule has 1 amide bonds. The zero-order chi connectivity index (χ0) is 18.6. The molecule has 0 saturated carbocycles. The number of carbonyl (C=O) groups is 1. The molecule has 0 bridgehead atoms. The average molecular weight is 376 g/mol. The van der Waals surface area contributed by atoms with E-state index in [0.29, 0.717) is 17.1 Å². The lowest BCUT2D eigenvalue weighted by atomic mass is 10.0. The van der Waals surface area contributed by atoms with Gasteiger partial charge in [-0.05, 0) is 47.9 Å². The van der Waals surface area contributed by atoms with Gasteiger partial charge in [0.25, 0.3) is 5.91 Å². The van der Waals surface area contributed by atoms with Gasteiger partial charge in [-0.3, -0.25) is 4.79 Å². The van der Waals surface area contributed by atoms with Crippen LogP contribution in [0, 0.1) is 0 Å². The molecule has 2 aromatic carbocycles. The Morgan fingerprint density at radius 3 is 2.81 bits per heavy atom. The molecule has 0 saturated heterocycles. The Balaban J connectivity index is 1.42. The molecule has 134 valence electrons. The quantitative estimate of drug-likeness (QED) is 0.523. The number of nitrogens with one attached hydrogen (secondary N) is 2. The SMILES string of the molecule is O=C(NCCc1cccc(-c2cnc3[nH]ccc3c2)c1)c1cccc(Cl)c1. The van der Waals surface area contributed by atoms with Crippen LogP contribution in [0.5, 0.6) is 0 Å². The third-order valence-corrected chi connectivity index (χ3v) is 4.68. The van der Waals surface area contributed by atoms with Crippen molar-refractivity contribution in [1.82, 2.24) is 15.3 Å². The van der Waals surface area contributed by atoms with Crippen LogP contribution in [0.25, 0.3) is 22.2 Å². The molecule has 0 aliphatic heterocycles. The minimum absolute atomic E-state index is 0.115. The molecule has 0 fully saturated rings. The van der Waals surface area contributed by atoms with Gasteiger partial charge in [0.05, 0.1) is 0 Å². The molecule has 2 heterocycles. The van der Waals surface area contributed by atoms with Crippen LogP contribution < -0.4 is 5.32 Å². The molecule has 5 heteroatoms. The van der Waals surface area contributed by atoms with Crippen molar-refractivity contribution in [3.05, 3.63) is 89.2 Å². The first-order valence-electron chi connectivity index (χ1n) is 8.75. The van der Waals surface area contributed by atoms with Crippen LogP contribution in [-0.4, -0.2) is 22.4 Å². The number of aromatic nitrogens is 2. The van der Waals surface area contributed by atoms with Gasteiger partial charge >= 0.3 is 0 Å². The highest BCUT2D eigenvalue weighted by molar-refractivity contribution is 6.30. The van der Waals surface area contributed by atoms with Crippen molar-refractivity contribution in [2.24, 2.45) is 0 Å². The molecule has 0 atom stereocenters. The third kappa shape index (κ3) is 4.01. The molecular weight excluding hydrogens is 358 g/mol. The summed E-state index contributed by atoms with van der Waals surface area (Å²) < 4.78 is 0. The van der Waals surface area contributed by atoms with Gasteiger partial charge in [-0.1, -0.05) is 41.9 Å². The number of hydrogen-bond acceptors (Lipinski definition) is 2. The number of nitrogens with zero attached hydrogens (tertiary/aromatic N) is 1. The molecule has 0 unspecified atom stereocenters. The van der Waals surface area contributed by atoms with Crippen LogP contribution in [0.1, 0.15) is 15.9 Å². The Labute approximate surface area is 162 Å². The number of aromatic amines is 1. The minimum Gasteiger partial charge on any atom is -0.352 e. The Morgan fingerprint density at radius 1 is 1.04 bits per heavy atom. The predicted octanol–water partition coefficient (Wildman–Crippen LogP) is 4.86. The number of carbonyl (C=O) groups excluding carboxylic acids is 1. The van der Waals surface area contributed by atoms with E-state index in [4.69, 9.17) is 11.6 Å². The number of amides is 1. The maximum absolute atomic E-state index is 12.2. The average Bonchev–Trinajstić information content (AvgIpc) is 3.16. The van der Waals surface area contributed by atoms with Crippen LogP contribution >= 0.6 is 11.6 Å². The number of halogens is 1. The van der Waals surface area contributed by atoms with E-state index < -0.39 is 0 Å². The van der Waals surface area contributed by atoms with Crippen LogP contribution in [0.4, 0.5) is 0 Å². The molecule has 4 nitrogen and oxygen atoms in total. The Bertz CT molecular complexity index is 1100. The molecular formula is C22H18ClN3O. The fraction of sp³-hybridized carbons (Fsp3) is 0.0909. The lowest BCUT2D eigenvalue weighted by Crippen LogP contribution is -2.25. The van der Waals surface area contributed by atoms with E-state index in [2.05, 4.69) is 39.6 Å². The van der Waals surface area contributed by atoms with Crippen LogP contribution in [0.3, 0.4) is 0 Å². The van der Waals surface area contributed by atoms with Crippen LogP contribution in [0.15, 0.2) is 73.1 Å². The fourth-order valence-corrected chi connectivity index (χ4v) is 3.25. The second-order valence-corrected chi connectivity index (χ2v) is 6.79. The van der Waals surface area contributed by atoms with E-state index in [1.807, 2.05) is 24.5 Å². The predicted molar refractivity (Wildman–Crippen MR) is 109 cm³/mol. The van der Waals surface area contributed by atoms with Crippen molar-refractivity contribution in [3.8, 4) is 11.1 Å². The minimum atomic E-state index is -0.115. The van der Waals surface area contributed by atoms with E-state index in [1.165, 1.54) is 0 Å². The first kappa shape index (κ1) is 17.3. The Morgan fingerprint density at radius 2 is 1.93 bits per heavy atom. The zero-order valence-electron chi connectivity index (χ0n) is 14.6. The van der Waals surface area contributed by atoms with E-state index in [9.17, 15) is 4.79 Å². The summed E-state index contributed by atoms with van der Waals surface area (Å²) in [6, 6.07) is 19.4. The summed E-state index contributed by atoms with van der Waals surface area (Å²) in [6.07, 6.45) is 4.51. The number of H-pyrrole nitrogens is 1. The molecule has 4 aromatic rings. The highest BCUT2D eigenvalue weighted by Crippen LogP contribution is 2.23. The first-order valence-corrected chi connectivity index (χ1v) is 9.13. The topological polar surface area (TPSA) is 57.8 Å². The van der Waals surface area contributed by atoms with Crippen LogP contribution in [-0.2, 0) is 6.42 Å². The van der Waals surface area contributed by atoms with Crippen LogP contribution in [0.2, 0.25) is 5.02 Å². The van der Waals surface area contributed by atoms with Crippen molar-refractivity contribution >= 4 is 28.5 Å². The number of fused-ring (bicyclic) bond motifs is 1. The van der Waals surface area contributed by atoms with E-state index in [1.54, 1.807) is 24.3 Å². The van der Waals surface area contributed by atoms with Gasteiger partial charge < -0.3 is 10.3 Å². The molecule has 0 aliphatic carbocycles. The summed E-state index contributed by atoms with van der Waals surface area (Å²) in [6.45, 7) is 0.559. The van der Waals surface area contributed by atoms with Crippen molar-refractivity contribution in [2.75, 3.05) is 6.54 Å². The first-order chi connectivity index (χ1) is 13.2. The summed E-state index contributed by atoms with van der Waals surface area (Å²) in [5.74, 6) is -0.115.